The van der Waals surface area contributed by atoms with Crippen molar-refractivity contribution in [3.63, 3.8) is 0 Å². The van der Waals surface area contributed by atoms with Crippen molar-refractivity contribution in [3.8, 4) is 0 Å². The van der Waals surface area contributed by atoms with Crippen LogP contribution in [0.5, 0.6) is 0 Å². The average molecular weight is 336 g/mol. The first-order valence-corrected chi connectivity index (χ1v) is 9.44. The number of hydrogen-bond acceptors (Lipinski definition) is 3. The molecule has 0 bridgehead atoms. The molecule has 1 saturated heterocycles. The van der Waals surface area contributed by atoms with Gasteiger partial charge in [-0.05, 0) is 66.6 Å². The van der Waals surface area contributed by atoms with Gasteiger partial charge in [-0.15, -0.1) is 0 Å². The highest BCUT2D eigenvalue weighted by Gasteiger charge is 2.25. The first-order valence-electron chi connectivity index (χ1n) is 9.44. The Bertz CT molecular complexity index is 750. The van der Waals surface area contributed by atoms with Gasteiger partial charge in [0, 0.05) is 38.5 Å². The third kappa shape index (κ3) is 3.73. The van der Waals surface area contributed by atoms with Gasteiger partial charge in [-0.25, -0.2) is 0 Å². The molecule has 2 aliphatic heterocycles. The van der Waals surface area contributed by atoms with Crippen LogP contribution in [0.15, 0.2) is 36.4 Å². The maximum atomic E-state index is 5.82. The second-order valence-corrected chi connectivity index (χ2v) is 7.51. The molecule has 2 aromatic carbocycles. The molecule has 2 aromatic rings. The molecule has 2 heterocycles. The average Bonchev–Trinajstić information content (AvgIpc) is 3.25. The van der Waals surface area contributed by atoms with Crippen molar-refractivity contribution >= 4 is 5.69 Å². The van der Waals surface area contributed by atoms with E-state index in [-0.39, 0.29) is 0 Å². The molecule has 0 spiro atoms. The van der Waals surface area contributed by atoms with Gasteiger partial charge in [-0.1, -0.05) is 24.3 Å². The zero-order valence-electron chi connectivity index (χ0n) is 15.3. The van der Waals surface area contributed by atoms with Gasteiger partial charge >= 0.3 is 0 Å². The minimum absolute atomic E-state index is 0.437. The predicted octanol–water partition coefficient (Wildman–Crippen LogP) is 4.41. The molecular formula is C22H28N2O. The Labute approximate surface area is 151 Å². The summed E-state index contributed by atoms with van der Waals surface area (Å²) in [6.07, 6.45) is 2.87. The Morgan fingerprint density at radius 3 is 2.84 bits per heavy atom. The molecule has 0 radical (unpaired) electrons. The van der Waals surface area contributed by atoms with Crippen LogP contribution in [0.4, 0.5) is 5.69 Å². The lowest BCUT2D eigenvalue weighted by molar-refractivity contribution is 0.0723. The predicted molar refractivity (Wildman–Crippen MR) is 103 cm³/mol. The lowest BCUT2D eigenvalue weighted by Gasteiger charge is -2.19. The number of fused-ring (bicyclic) bond motifs is 1. The van der Waals surface area contributed by atoms with Crippen molar-refractivity contribution in [2.45, 2.75) is 52.4 Å². The smallest absolute Gasteiger partial charge is 0.0703 e. The van der Waals surface area contributed by atoms with E-state index in [1.54, 1.807) is 0 Å². The van der Waals surface area contributed by atoms with Gasteiger partial charge in [0.25, 0.3) is 0 Å². The number of nitrogens with zero attached hydrogens (tertiary/aromatic N) is 1. The summed E-state index contributed by atoms with van der Waals surface area (Å²) in [7, 11) is 0. The lowest BCUT2D eigenvalue weighted by atomic mass is 10.0. The summed E-state index contributed by atoms with van der Waals surface area (Å²) in [5.41, 5.74) is 8.30. The summed E-state index contributed by atoms with van der Waals surface area (Å²) in [6, 6.07) is 13.4. The first kappa shape index (κ1) is 16.6. The second-order valence-electron chi connectivity index (χ2n) is 7.51. The number of anilines is 1. The van der Waals surface area contributed by atoms with Crippen LogP contribution < -0.4 is 5.32 Å². The monoisotopic (exact) mass is 336 g/mol. The van der Waals surface area contributed by atoms with E-state index < -0.39 is 0 Å². The van der Waals surface area contributed by atoms with Gasteiger partial charge < -0.3 is 10.1 Å². The molecule has 25 heavy (non-hydrogen) atoms. The van der Waals surface area contributed by atoms with E-state index in [0.29, 0.717) is 6.10 Å². The van der Waals surface area contributed by atoms with Crippen LogP contribution in [-0.2, 0) is 24.4 Å². The van der Waals surface area contributed by atoms with E-state index in [0.717, 1.165) is 32.8 Å². The van der Waals surface area contributed by atoms with Crippen molar-refractivity contribution in [2.24, 2.45) is 0 Å². The van der Waals surface area contributed by atoms with Gasteiger partial charge in [0.1, 0.15) is 0 Å². The number of ether oxygens (including phenoxy) is 1. The van der Waals surface area contributed by atoms with E-state index >= 15 is 0 Å². The highest BCUT2D eigenvalue weighted by molar-refractivity contribution is 5.49. The Morgan fingerprint density at radius 1 is 1.12 bits per heavy atom. The minimum atomic E-state index is 0.437. The Hall–Kier alpha value is -1.84. The first-order chi connectivity index (χ1) is 12.2. The molecule has 1 atom stereocenters. The number of benzene rings is 2. The van der Waals surface area contributed by atoms with E-state index in [1.807, 2.05) is 0 Å². The largest absolute Gasteiger partial charge is 0.381 e. The SMILES string of the molecule is Cc1ccc(NCc2cccc3c2CN(C[C@@H]2CCCO2)C3)cc1C. The van der Waals surface area contributed by atoms with Crippen molar-refractivity contribution < 1.29 is 4.74 Å². The third-order valence-electron chi connectivity index (χ3n) is 5.62. The van der Waals surface area contributed by atoms with Gasteiger partial charge in [0.15, 0.2) is 0 Å². The van der Waals surface area contributed by atoms with Crippen molar-refractivity contribution in [1.82, 2.24) is 4.90 Å². The van der Waals surface area contributed by atoms with Crippen molar-refractivity contribution in [1.29, 1.82) is 0 Å². The van der Waals surface area contributed by atoms with Crippen LogP contribution in [0.2, 0.25) is 0 Å². The van der Waals surface area contributed by atoms with E-state index in [2.05, 4.69) is 60.5 Å². The summed E-state index contributed by atoms with van der Waals surface area (Å²) in [6.45, 7) is 9.34. The number of nitrogens with one attached hydrogen (secondary N) is 1. The zero-order valence-corrected chi connectivity index (χ0v) is 15.3. The fourth-order valence-corrected chi connectivity index (χ4v) is 3.98. The van der Waals surface area contributed by atoms with Gasteiger partial charge in [-0.3, -0.25) is 4.90 Å². The Kier molecular flexibility index (Phi) is 4.78. The van der Waals surface area contributed by atoms with Crippen molar-refractivity contribution in [3.05, 3.63) is 64.2 Å². The number of aryl methyl sites for hydroxylation is 2. The topological polar surface area (TPSA) is 24.5 Å². The summed E-state index contributed by atoms with van der Waals surface area (Å²) in [4.78, 5) is 2.54. The highest BCUT2D eigenvalue weighted by Crippen LogP contribution is 2.28. The molecular weight excluding hydrogens is 308 g/mol. The molecule has 2 aliphatic rings. The summed E-state index contributed by atoms with van der Waals surface area (Å²) in [5.74, 6) is 0. The highest BCUT2D eigenvalue weighted by atomic mass is 16.5. The molecule has 0 unspecified atom stereocenters. The van der Waals surface area contributed by atoms with Gasteiger partial charge in [0.05, 0.1) is 6.10 Å². The van der Waals surface area contributed by atoms with E-state index in [9.17, 15) is 0 Å². The Balaban J connectivity index is 1.42. The zero-order chi connectivity index (χ0) is 17.2. The standard InChI is InChI=1S/C22H28N2O/c1-16-8-9-20(11-17(16)2)23-12-18-5-3-6-19-13-24(15-22(18)19)14-21-7-4-10-25-21/h3,5-6,8-9,11,21,23H,4,7,10,12-15H2,1-2H3/t21-/m0/s1. The summed E-state index contributed by atoms with van der Waals surface area (Å²) < 4.78 is 5.82. The van der Waals surface area contributed by atoms with E-state index in [1.165, 1.54) is 46.3 Å². The molecule has 4 rings (SSSR count). The molecule has 0 aliphatic carbocycles. The van der Waals surface area contributed by atoms with Crippen LogP contribution in [0.1, 0.15) is 40.7 Å². The molecule has 3 heteroatoms. The van der Waals surface area contributed by atoms with Crippen LogP contribution in [0.3, 0.4) is 0 Å². The molecule has 0 amide bonds. The quantitative estimate of drug-likeness (QED) is 0.875. The summed E-state index contributed by atoms with van der Waals surface area (Å²) in [5, 5.41) is 3.60. The van der Waals surface area contributed by atoms with Crippen LogP contribution in [-0.4, -0.2) is 24.2 Å². The molecule has 0 saturated carbocycles. The lowest BCUT2D eigenvalue weighted by Crippen LogP contribution is -2.27. The van der Waals surface area contributed by atoms with Gasteiger partial charge in [-0.2, -0.15) is 0 Å². The normalized spacial score (nSPS) is 20.0. The molecule has 1 N–H and O–H groups in total. The van der Waals surface area contributed by atoms with Crippen LogP contribution in [0, 0.1) is 13.8 Å². The van der Waals surface area contributed by atoms with Crippen LogP contribution >= 0.6 is 0 Å². The number of rotatable bonds is 5. The molecule has 0 aromatic heterocycles. The summed E-state index contributed by atoms with van der Waals surface area (Å²) >= 11 is 0. The van der Waals surface area contributed by atoms with E-state index in [4.69, 9.17) is 4.74 Å². The second kappa shape index (κ2) is 7.19. The van der Waals surface area contributed by atoms with Crippen LogP contribution in [0.25, 0.3) is 0 Å². The molecule has 1 fully saturated rings. The fourth-order valence-electron chi connectivity index (χ4n) is 3.98. The maximum Gasteiger partial charge on any atom is 0.0703 e. The Morgan fingerprint density at radius 2 is 2.04 bits per heavy atom. The van der Waals surface area contributed by atoms with Crippen molar-refractivity contribution in [2.75, 3.05) is 18.5 Å². The molecule has 132 valence electrons. The third-order valence-corrected chi connectivity index (χ3v) is 5.62. The minimum Gasteiger partial charge on any atom is -0.381 e. The molecule has 3 nitrogen and oxygen atoms in total. The van der Waals surface area contributed by atoms with Gasteiger partial charge in [0.2, 0.25) is 0 Å². The maximum absolute atomic E-state index is 5.82. The number of hydrogen-bond donors (Lipinski definition) is 1. The fraction of sp³-hybridized carbons (Fsp3) is 0.455.